The van der Waals surface area contributed by atoms with Crippen LogP contribution in [0.2, 0.25) is 0 Å². The maximum Gasteiger partial charge on any atom is 0.240 e. The Labute approximate surface area is 146 Å². The number of sulfonamides is 1. The number of rotatable bonds is 5. The van der Waals surface area contributed by atoms with Gasteiger partial charge in [-0.2, -0.15) is 5.26 Å². The van der Waals surface area contributed by atoms with Gasteiger partial charge in [0.15, 0.2) is 0 Å². The van der Waals surface area contributed by atoms with Crippen molar-refractivity contribution in [2.75, 3.05) is 13.1 Å². The average Bonchev–Trinajstić information content (AvgIpc) is 3.07. The van der Waals surface area contributed by atoms with Crippen molar-refractivity contribution in [2.24, 2.45) is 0 Å². The Bertz CT molecular complexity index is 868. The van der Waals surface area contributed by atoms with Gasteiger partial charge in [-0.1, -0.05) is 6.07 Å². The first kappa shape index (κ1) is 17.1. The lowest BCUT2D eigenvalue weighted by Gasteiger charge is -2.32. The van der Waals surface area contributed by atoms with E-state index in [1.54, 1.807) is 23.5 Å². The molecule has 0 amide bonds. The number of hydrogen-bond acceptors (Lipinski definition) is 5. The zero-order valence-corrected chi connectivity index (χ0v) is 15.0. The van der Waals surface area contributed by atoms with Crippen LogP contribution < -0.4 is 4.72 Å². The topological polar surface area (TPSA) is 73.2 Å². The van der Waals surface area contributed by atoms with Gasteiger partial charge < -0.3 is 0 Å². The summed E-state index contributed by atoms with van der Waals surface area (Å²) in [5.41, 5.74) is 1.69. The fraction of sp³-hybridized carbons (Fsp3) is 0.353. The number of hydrogen-bond donors (Lipinski definition) is 1. The zero-order valence-electron chi connectivity index (χ0n) is 13.4. The molecular weight excluding hydrogens is 342 g/mol. The van der Waals surface area contributed by atoms with Crippen LogP contribution >= 0.6 is 11.3 Å². The lowest BCUT2D eigenvalue weighted by Crippen LogP contribution is -2.44. The van der Waals surface area contributed by atoms with Crippen LogP contribution in [-0.4, -0.2) is 32.4 Å². The predicted molar refractivity (Wildman–Crippen MR) is 94.2 cm³/mol. The maximum absolute atomic E-state index is 12.4. The minimum absolute atomic E-state index is 0.104. The molecule has 5 nitrogen and oxygen atoms in total. The number of fused-ring (bicyclic) bond motifs is 1. The van der Waals surface area contributed by atoms with Crippen molar-refractivity contribution in [1.29, 1.82) is 5.26 Å². The van der Waals surface area contributed by atoms with Crippen LogP contribution in [0.15, 0.2) is 40.6 Å². The number of thiophene rings is 1. The number of nitrogens with one attached hydrogen (secondary N) is 1. The van der Waals surface area contributed by atoms with Crippen molar-refractivity contribution in [3.63, 3.8) is 0 Å². The summed E-state index contributed by atoms with van der Waals surface area (Å²) < 4.78 is 27.5. The van der Waals surface area contributed by atoms with E-state index >= 15 is 0 Å². The van der Waals surface area contributed by atoms with Crippen LogP contribution in [0.25, 0.3) is 0 Å². The SMILES string of the molecule is C[C@H](CNS(=O)(=O)c1cccc(C#N)c1)N1CCc2sccc2C1. The van der Waals surface area contributed by atoms with Gasteiger partial charge in [0.25, 0.3) is 0 Å². The van der Waals surface area contributed by atoms with Gasteiger partial charge in [0, 0.05) is 30.6 Å². The van der Waals surface area contributed by atoms with Crippen LogP contribution in [0.5, 0.6) is 0 Å². The largest absolute Gasteiger partial charge is 0.295 e. The molecule has 0 bridgehead atoms. The van der Waals surface area contributed by atoms with Gasteiger partial charge in [0.1, 0.15) is 0 Å². The minimum atomic E-state index is -3.60. The molecule has 1 aromatic carbocycles. The van der Waals surface area contributed by atoms with E-state index < -0.39 is 10.0 Å². The molecule has 1 aliphatic rings. The molecular formula is C17H19N3O2S2. The lowest BCUT2D eigenvalue weighted by atomic mass is 10.1. The number of nitrogens with zero attached hydrogens (tertiary/aromatic N) is 2. The standard InChI is InChI=1S/C17H19N3O2S2/c1-13(20-7-5-17-15(12-20)6-8-23-17)11-19-24(21,22)16-4-2-3-14(9-16)10-18/h2-4,6,8-9,13,19H,5,7,11-12H2,1H3/t13-/m1/s1. The van der Waals surface area contributed by atoms with Gasteiger partial charge in [0.05, 0.1) is 16.5 Å². The maximum atomic E-state index is 12.4. The van der Waals surface area contributed by atoms with Gasteiger partial charge in [-0.25, -0.2) is 13.1 Å². The van der Waals surface area contributed by atoms with Crippen molar-refractivity contribution in [3.05, 3.63) is 51.7 Å². The summed E-state index contributed by atoms with van der Waals surface area (Å²) in [6, 6.07) is 10.3. The Hall–Kier alpha value is -1.72. The van der Waals surface area contributed by atoms with E-state index in [0.717, 1.165) is 19.5 Å². The van der Waals surface area contributed by atoms with Crippen molar-refractivity contribution < 1.29 is 8.42 Å². The normalized spacial score (nSPS) is 16.3. The van der Waals surface area contributed by atoms with Crippen LogP contribution in [0.3, 0.4) is 0 Å². The zero-order chi connectivity index (χ0) is 17.2. The summed E-state index contributed by atoms with van der Waals surface area (Å²) in [5, 5.41) is 11.0. The first-order valence-electron chi connectivity index (χ1n) is 7.79. The van der Waals surface area contributed by atoms with Crippen LogP contribution in [-0.2, 0) is 23.0 Å². The third-order valence-corrected chi connectivity index (χ3v) is 6.75. The third kappa shape index (κ3) is 3.68. The molecule has 1 N–H and O–H groups in total. The summed E-state index contributed by atoms with van der Waals surface area (Å²) in [6.07, 6.45) is 1.02. The molecule has 24 heavy (non-hydrogen) atoms. The first-order chi connectivity index (χ1) is 11.5. The molecule has 0 fully saturated rings. The predicted octanol–water partition coefficient (Wildman–Crippen LogP) is 2.34. The van der Waals surface area contributed by atoms with Crippen LogP contribution in [0.1, 0.15) is 22.9 Å². The van der Waals surface area contributed by atoms with Gasteiger partial charge in [-0.3, -0.25) is 4.90 Å². The lowest BCUT2D eigenvalue weighted by molar-refractivity contribution is 0.193. The highest BCUT2D eigenvalue weighted by atomic mass is 32.2. The first-order valence-corrected chi connectivity index (χ1v) is 10.1. The number of benzene rings is 1. The second kappa shape index (κ2) is 7.03. The van der Waals surface area contributed by atoms with Gasteiger partial charge in [-0.05, 0) is 48.6 Å². The van der Waals surface area contributed by atoms with E-state index in [0.29, 0.717) is 12.1 Å². The monoisotopic (exact) mass is 361 g/mol. The Morgan fingerprint density at radius 2 is 2.25 bits per heavy atom. The third-order valence-electron chi connectivity index (χ3n) is 4.30. The molecule has 0 radical (unpaired) electrons. The highest BCUT2D eigenvalue weighted by Gasteiger charge is 2.23. The van der Waals surface area contributed by atoms with Gasteiger partial charge in [-0.15, -0.1) is 11.3 Å². The average molecular weight is 361 g/mol. The van der Waals surface area contributed by atoms with E-state index in [2.05, 4.69) is 21.1 Å². The molecule has 0 saturated heterocycles. The summed E-state index contributed by atoms with van der Waals surface area (Å²) in [5.74, 6) is 0. The van der Waals surface area contributed by atoms with Crippen molar-refractivity contribution in [2.45, 2.75) is 30.8 Å². The fourth-order valence-corrected chi connectivity index (χ4v) is 4.88. The van der Waals surface area contributed by atoms with E-state index in [1.807, 2.05) is 13.0 Å². The molecule has 2 heterocycles. The summed E-state index contributed by atoms with van der Waals surface area (Å²) >= 11 is 1.79. The summed E-state index contributed by atoms with van der Waals surface area (Å²) in [6.45, 7) is 4.19. The van der Waals surface area contributed by atoms with Crippen molar-refractivity contribution >= 4 is 21.4 Å². The van der Waals surface area contributed by atoms with Crippen molar-refractivity contribution in [3.8, 4) is 6.07 Å². The Kier molecular flexibility index (Phi) is 5.01. The molecule has 7 heteroatoms. The second-order valence-corrected chi connectivity index (χ2v) is 8.70. The van der Waals surface area contributed by atoms with Gasteiger partial charge in [0.2, 0.25) is 10.0 Å². The number of nitriles is 1. The Balaban J connectivity index is 1.63. The van der Waals surface area contributed by atoms with E-state index in [9.17, 15) is 8.42 Å². The minimum Gasteiger partial charge on any atom is -0.295 e. The highest BCUT2D eigenvalue weighted by Crippen LogP contribution is 2.25. The van der Waals surface area contributed by atoms with Gasteiger partial charge >= 0.3 is 0 Å². The molecule has 1 aromatic heterocycles. The molecule has 126 valence electrons. The van der Waals surface area contributed by atoms with Crippen molar-refractivity contribution in [1.82, 2.24) is 9.62 Å². The molecule has 0 spiro atoms. The quantitative estimate of drug-likeness (QED) is 0.887. The second-order valence-electron chi connectivity index (χ2n) is 5.93. The van der Waals surface area contributed by atoms with Crippen LogP contribution in [0.4, 0.5) is 0 Å². The van der Waals surface area contributed by atoms with E-state index in [1.165, 1.54) is 22.6 Å². The smallest absolute Gasteiger partial charge is 0.240 e. The summed E-state index contributed by atoms with van der Waals surface area (Å²) in [4.78, 5) is 3.86. The Morgan fingerprint density at radius 1 is 1.42 bits per heavy atom. The highest BCUT2D eigenvalue weighted by molar-refractivity contribution is 7.89. The molecule has 1 aliphatic heterocycles. The molecule has 0 aliphatic carbocycles. The van der Waals surface area contributed by atoms with E-state index in [4.69, 9.17) is 5.26 Å². The van der Waals surface area contributed by atoms with E-state index in [-0.39, 0.29) is 10.9 Å². The molecule has 0 saturated carbocycles. The molecule has 0 unspecified atom stereocenters. The summed E-state index contributed by atoms with van der Waals surface area (Å²) in [7, 11) is -3.60. The Morgan fingerprint density at radius 3 is 3.04 bits per heavy atom. The fourth-order valence-electron chi connectivity index (χ4n) is 2.82. The molecule has 1 atom stereocenters. The molecule has 2 aromatic rings. The molecule has 3 rings (SSSR count). The van der Waals surface area contributed by atoms with Crippen LogP contribution in [0, 0.1) is 11.3 Å².